The van der Waals surface area contributed by atoms with Gasteiger partial charge in [-0.1, -0.05) is 30.3 Å². The minimum Gasteiger partial charge on any atom is -0.355 e. The maximum atomic E-state index is 3.42. The Hall–Kier alpha value is -1.54. The summed E-state index contributed by atoms with van der Waals surface area (Å²) in [6, 6.07) is 14.8. The van der Waals surface area contributed by atoms with Gasteiger partial charge in [0.25, 0.3) is 0 Å². The number of rotatable bonds is 0. The van der Waals surface area contributed by atoms with Crippen molar-refractivity contribution in [2.45, 2.75) is 6.92 Å². The predicted molar refractivity (Wildman–Crippen MR) is 66.3 cm³/mol. The molecular formula is C13H11NSi. The second kappa shape index (κ2) is 3.55. The van der Waals surface area contributed by atoms with E-state index >= 15 is 0 Å². The molecule has 2 heteroatoms. The SMILES string of the molecule is Cc1cccc2[nH]c3ccccc3c12.[Si]. The maximum absolute atomic E-state index is 3.42. The van der Waals surface area contributed by atoms with Crippen molar-refractivity contribution in [1.29, 1.82) is 0 Å². The van der Waals surface area contributed by atoms with E-state index in [9.17, 15) is 0 Å². The van der Waals surface area contributed by atoms with Crippen LogP contribution in [-0.4, -0.2) is 15.9 Å². The molecule has 0 aliphatic heterocycles. The molecule has 0 saturated carbocycles. The van der Waals surface area contributed by atoms with Gasteiger partial charge in [-0.2, -0.15) is 0 Å². The van der Waals surface area contributed by atoms with E-state index in [1.165, 1.54) is 27.4 Å². The molecule has 3 rings (SSSR count). The Labute approximate surface area is 93.1 Å². The molecule has 1 nitrogen and oxygen atoms in total. The van der Waals surface area contributed by atoms with Gasteiger partial charge < -0.3 is 4.98 Å². The zero-order valence-electron chi connectivity index (χ0n) is 8.54. The molecule has 0 fully saturated rings. The monoisotopic (exact) mass is 209 g/mol. The van der Waals surface area contributed by atoms with Crippen molar-refractivity contribution in [3.63, 3.8) is 0 Å². The average Bonchev–Trinajstić information content (AvgIpc) is 2.57. The number of aromatic nitrogens is 1. The van der Waals surface area contributed by atoms with E-state index in [2.05, 4.69) is 54.4 Å². The molecule has 4 radical (unpaired) electrons. The molecule has 72 valence electrons. The summed E-state index contributed by atoms with van der Waals surface area (Å²) in [5.74, 6) is 0. The molecule has 0 bridgehead atoms. The van der Waals surface area contributed by atoms with Crippen molar-refractivity contribution < 1.29 is 0 Å². The molecule has 3 aromatic rings. The van der Waals surface area contributed by atoms with Gasteiger partial charge in [0.1, 0.15) is 0 Å². The van der Waals surface area contributed by atoms with E-state index < -0.39 is 0 Å². The number of hydrogen-bond acceptors (Lipinski definition) is 0. The molecule has 0 atom stereocenters. The fourth-order valence-electron chi connectivity index (χ4n) is 2.08. The quantitative estimate of drug-likeness (QED) is 0.547. The highest BCUT2D eigenvalue weighted by Crippen LogP contribution is 2.27. The number of benzene rings is 2. The topological polar surface area (TPSA) is 15.8 Å². The number of H-pyrrole nitrogens is 1. The largest absolute Gasteiger partial charge is 0.355 e. The van der Waals surface area contributed by atoms with Gasteiger partial charge in [-0.25, -0.2) is 0 Å². The summed E-state index contributed by atoms with van der Waals surface area (Å²) in [4.78, 5) is 3.42. The molecule has 0 amide bonds. The molecule has 0 unspecified atom stereocenters. The molecule has 1 aromatic heterocycles. The first-order chi connectivity index (χ1) is 6.86. The van der Waals surface area contributed by atoms with Crippen molar-refractivity contribution in [3.05, 3.63) is 48.0 Å². The third-order valence-electron chi connectivity index (χ3n) is 2.74. The number of hydrogen-bond donors (Lipinski definition) is 1. The van der Waals surface area contributed by atoms with Crippen LogP contribution in [-0.2, 0) is 0 Å². The van der Waals surface area contributed by atoms with E-state index in [1.807, 2.05) is 0 Å². The van der Waals surface area contributed by atoms with Crippen LogP contribution in [0.1, 0.15) is 5.56 Å². The predicted octanol–water partition coefficient (Wildman–Crippen LogP) is 3.25. The van der Waals surface area contributed by atoms with E-state index in [0.29, 0.717) is 0 Å². The maximum Gasteiger partial charge on any atom is 0.0467 e. The lowest BCUT2D eigenvalue weighted by molar-refractivity contribution is 1.51. The minimum absolute atomic E-state index is 0. The Kier molecular flexibility index (Phi) is 2.37. The van der Waals surface area contributed by atoms with Crippen LogP contribution < -0.4 is 0 Å². The highest BCUT2D eigenvalue weighted by atomic mass is 28.1. The summed E-state index contributed by atoms with van der Waals surface area (Å²) < 4.78 is 0. The van der Waals surface area contributed by atoms with Gasteiger partial charge >= 0.3 is 0 Å². The average molecular weight is 209 g/mol. The zero-order valence-corrected chi connectivity index (χ0v) is 9.54. The fraction of sp³-hybridized carbons (Fsp3) is 0.0769. The van der Waals surface area contributed by atoms with Crippen LogP contribution in [0.2, 0.25) is 0 Å². The highest BCUT2D eigenvalue weighted by Gasteiger charge is 2.04. The van der Waals surface area contributed by atoms with Gasteiger partial charge in [-0.05, 0) is 24.6 Å². The van der Waals surface area contributed by atoms with Crippen LogP contribution >= 0.6 is 0 Å². The minimum atomic E-state index is 0. The summed E-state index contributed by atoms with van der Waals surface area (Å²) in [5, 5.41) is 2.67. The van der Waals surface area contributed by atoms with Crippen LogP contribution in [0.5, 0.6) is 0 Å². The molecule has 1 N–H and O–H groups in total. The molecule has 2 aromatic carbocycles. The smallest absolute Gasteiger partial charge is 0.0467 e. The van der Waals surface area contributed by atoms with Gasteiger partial charge in [0, 0.05) is 32.8 Å². The van der Waals surface area contributed by atoms with Crippen LogP contribution in [0.3, 0.4) is 0 Å². The molecular weight excluding hydrogens is 198 g/mol. The third-order valence-corrected chi connectivity index (χ3v) is 2.74. The van der Waals surface area contributed by atoms with Gasteiger partial charge in [0.05, 0.1) is 0 Å². The number of aryl methyl sites for hydroxylation is 1. The standard InChI is InChI=1S/C13H11N.Si/c1-9-5-4-8-12-13(9)10-6-2-3-7-11(10)14-12;/h2-8,14H,1H3;. The lowest BCUT2D eigenvalue weighted by Gasteiger charge is -1.95. The Balaban J connectivity index is 0.000000853. The van der Waals surface area contributed by atoms with Crippen LogP contribution in [0.15, 0.2) is 42.5 Å². The first kappa shape index (κ1) is 9.99. The van der Waals surface area contributed by atoms with Crippen molar-refractivity contribution in [1.82, 2.24) is 4.98 Å². The Morgan fingerprint density at radius 2 is 1.60 bits per heavy atom. The first-order valence-electron chi connectivity index (χ1n) is 4.82. The molecule has 1 heterocycles. The van der Waals surface area contributed by atoms with Gasteiger partial charge in [-0.3, -0.25) is 0 Å². The summed E-state index contributed by atoms with van der Waals surface area (Å²) in [6.45, 7) is 2.16. The molecule has 0 saturated heterocycles. The summed E-state index contributed by atoms with van der Waals surface area (Å²) >= 11 is 0. The molecule has 15 heavy (non-hydrogen) atoms. The molecule has 0 aliphatic rings. The number of nitrogens with one attached hydrogen (secondary N) is 1. The number of para-hydroxylation sites is 1. The zero-order chi connectivity index (χ0) is 9.54. The summed E-state index contributed by atoms with van der Waals surface area (Å²) in [5.41, 5.74) is 3.78. The van der Waals surface area contributed by atoms with Gasteiger partial charge in [-0.15, -0.1) is 0 Å². The van der Waals surface area contributed by atoms with Crippen LogP contribution in [0, 0.1) is 6.92 Å². The lowest BCUT2D eigenvalue weighted by Crippen LogP contribution is -1.72. The van der Waals surface area contributed by atoms with Crippen molar-refractivity contribution >= 4 is 32.8 Å². The van der Waals surface area contributed by atoms with E-state index in [4.69, 9.17) is 0 Å². The first-order valence-corrected chi connectivity index (χ1v) is 4.82. The van der Waals surface area contributed by atoms with E-state index in [-0.39, 0.29) is 11.0 Å². The second-order valence-corrected chi connectivity index (χ2v) is 3.67. The fourth-order valence-corrected chi connectivity index (χ4v) is 2.08. The van der Waals surface area contributed by atoms with Crippen LogP contribution in [0.4, 0.5) is 0 Å². The highest BCUT2D eigenvalue weighted by molar-refractivity contribution is 6.08. The Bertz CT molecular complexity index is 610. The van der Waals surface area contributed by atoms with Crippen molar-refractivity contribution in [3.8, 4) is 0 Å². The summed E-state index contributed by atoms with van der Waals surface area (Å²) in [7, 11) is 0. The van der Waals surface area contributed by atoms with Crippen molar-refractivity contribution in [2.24, 2.45) is 0 Å². The normalized spacial score (nSPS) is 10.5. The molecule has 0 aliphatic carbocycles. The number of fused-ring (bicyclic) bond motifs is 3. The van der Waals surface area contributed by atoms with Gasteiger partial charge in [0.15, 0.2) is 0 Å². The Morgan fingerprint density at radius 1 is 0.867 bits per heavy atom. The lowest BCUT2D eigenvalue weighted by atomic mass is 10.1. The summed E-state index contributed by atoms with van der Waals surface area (Å²) in [6.07, 6.45) is 0. The van der Waals surface area contributed by atoms with Gasteiger partial charge in [0.2, 0.25) is 0 Å². The number of aromatic amines is 1. The second-order valence-electron chi connectivity index (χ2n) is 3.67. The van der Waals surface area contributed by atoms with Crippen molar-refractivity contribution in [2.75, 3.05) is 0 Å². The van der Waals surface area contributed by atoms with E-state index in [0.717, 1.165) is 0 Å². The van der Waals surface area contributed by atoms with E-state index in [1.54, 1.807) is 0 Å². The van der Waals surface area contributed by atoms with Crippen LogP contribution in [0.25, 0.3) is 21.8 Å². The molecule has 0 spiro atoms. The third kappa shape index (κ3) is 1.38. The Morgan fingerprint density at radius 3 is 2.47 bits per heavy atom.